The molecule has 0 saturated carbocycles. The molecule has 102 valence electrons. The van der Waals surface area contributed by atoms with Crippen molar-refractivity contribution in [2.45, 2.75) is 33.4 Å². The molecule has 0 aromatic carbocycles. The number of fused-ring (bicyclic) bond motifs is 1. The second kappa shape index (κ2) is 5.12. The Morgan fingerprint density at radius 2 is 2.05 bits per heavy atom. The molecule has 0 aliphatic heterocycles. The van der Waals surface area contributed by atoms with E-state index in [9.17, 15) is 14.4 Å². The lowest BCUT2D eigenvalue weighted by Crippen LogP contribution is -2.35. The minimum Gasteiger partial charge on any atom is -0.305 e. The highest BCUT2D eigenvalue weighted by atomic mass is 79.9. The maximum Gasteiger partial charge on any atom is 0.330 e. The Morgan fingerprint density at radius 1 is 1.37 bits per heavy atom. The van der Waals surface area contributed by atoms with Gasteiger partial charge in [0.05, 0.1) is 6.54 Å². The van der Waals surface area contributed by atoms with E-state index in [0.717, 1.165) is 4.57 Å². The molecule has 0 bridgehead atoms. The van der Waals surface area contributed by atoms with Crippen molar-refractivity contribution in [1.82, 2.24) is 19.1 Å². The predicted molar refractivity (Wildman–Crippen MR) is 73.3 cm³/mol. The van der Waals surface area contributed by atoms with Crippen LogP contribution in [0.5, 0.6) is 0 Å². The van der Waals surface area contributed by atoms with E-state index in [4.69, 9.17) is 0 Å². The second-order valence-corrected chi connectivity index (χ2v) is 4.96. The van der Waals surface area contributed by atoms with Gasteiger partial charge >= 0.3 is 5.69 Å². The number of rotatable bonds is 4. The number of aromatic amines is 1. The third-order valence-corrected chi connectivity index (χ3v) is 3.27. The van der Waals surface area contributed by atoms with Crippen molar-refractivity contribution in [3.05, 3.63) is 25.6 Å². The van der Waals surface area contributed by atoms with Crippen LogP contribution in [0.1, 0.15) is 20.3 Å². The van der Waals surface area contributed by atoms with Gasteiger partial charge in [-0.05, 0) is 29.3 Å². The zero-order valence-corrected chi connectivity index (χ0v) is 12.2. The molecule has 2 aromatic heterocycles. The lowest BCUT2D eigenvalue weighted by molar-refractivity contribution is -0.117. The number of hydrogen-bond donors (Lipinski definition) is 1. The molecule has 2 heterocycles. The Hall–Kier alpha value is -1.70. The quantitative estimate of drug-likeness (QED) is 0.834. The van der Waals surface area contributed by atoms with Gasteiger partial charge in [0.2, 0.25) is 0 Å². The first-order chi connectivity index (χ1) is 8.95. The number of nitrogens with zero attached hydrogens (tertiary/aromatic N) is 3. The summed E-state index contributed by atoms with van der Waals surface area (Å²) >= 11 is 3.19. The molecular formula is C11H13BrN4O3. The first-order valence-electron chi connectivity index (χ1n) is 5.84. The van der Waals surface area contributed by atoms with E-state index in [1.807, 2.05) is 6.92 Å². The van der Waals surface area contributed by atoms with Crippen molar-refractivity contribution >= 4 is 32.9 Å². The summed E-state index contributed by atoms with van der Waals surface area (Å²) in [6.45, 7) is 3.66. The van der Waals surface area contributed by atoms with Gasteiger partial charge in [-0.15, -0.1) is 0 Å². The van der Waals surface area contributed by atoms with Crippen molar-refractivity contribution in [3.63, 3.8) is 0 Å². The molecule has 0 unspecified atom stereocenters. The molecule has 0 saturated heterocycles. The molecule has 0 atom stereocenters. The summed E-state index contributed by atoms with van der Waals surface area (Å²) < 4.78 is 2.93. The molecule has 19 heavy (non-hydrogen) atoms. The van der Waals surface area contributed by atoms with E-state index in [2.05, 4.69) is 25.9 Å². The number of aromatic nitrogens is 4. The van der Waals surface area contributed by atoms with Gasteiger partial charge in [0.1, 0.15) is 5.78 Å². The van der Waals surface area contributed by atoms with Crippen molar-refractivity contribution < 1.29 is 4.79 Å². The molecular weight excluding hydrogens is 316 g/mol. The van der Waals surface area contributed by atoms with Gasteiger partial charge < -0.3 is 4.57 Å². The molecule has 8 heteroatoms. The number of nitrogens with one attached hydrogen (secondary N) is 1. The minimum atomic E-state index is -0.487. The molecule has 0 aliphatic rings. The highest BCUT2D eigenvalue weighted by Gasteiger charge is 2.17. The Labute approximate surface area is 116 Å². The minimum absolute atomic E-state index is 0.0322. The van der Waals surface area contributed by atoms with Gasteiger partial charge in [-0.25, -0.2) is 9.78 Å². The van der Waals surface area contributed by atoms with Crippen molar-refractivity contribution in [2.75, 3.05) is 0 Å². The molecule has 0 spiro atoms. The molecule has 1 N–H and O–H groups in total. The molecule has 7 nitrogen and oxygen atoms in total. The molecule has 2 aromatic rings. The Balaban J connectivity index is 2.81. The molecule has 0 aliphatic carbocycles. The maximum absolute atomic E-state index is 12.3. The van der Waals surface area contributed by atoms with Gasteiger partial charge in [0, 0.05) is 6.54 Å². The SMILES string of the molecule is CCCn1c(=O)[nH]c2nc(Br)n(CC(C)=O)c2c1=O. The molecule has 0 amide bonds. The highest BCUT2D eigenvalue weighted by molar-refractivity contribution is 9.10. The van der Waals surface area contributed by atoms with Gasteiger partial charge in [-0.1, -0.05) is 6.92 Å². The predicted octanol–water partition coefficient (Wildman–Crippen LogP) is 0.648. The first kappa shape index (κ1) is 13.7. The topological polar surface area (TPSA) is 89.8 Å². The number of hydrogen-bond acceptors (Lipinski definition) is 4. The lowest BCUT2D eigenvalue weighted by atomic mass is 10.4. The lowest BCUT2D eigenvalue weighted by Gasteiger charge is -2.05. The van der Waals surface area contributed by atoms with Crippen molar-refractivity contribution in [3.8, 4) is 0 Å². The summed E-state index contributed by atoms with van der Waals surface area (Å²) in [5, 5.41) is 0. The van der Waals surface area contributed by atoms with E-state index in [-0.39, 0.29) is 23.5 Å². The third-order valence-electron chi connectivity index (χ3n) is 2.67. The van der Waals surface area contributed by atoms with Gasteiger partial charge in [-0.3, -0.25) is 19.1 Å². The van der Waals surface area contributed by atoms with E-state index in [1.165, 1.54) is 11.5 Å². The maximum atomic E-state index is 12.3. The van der Waals surface area contributed by atoms with Crippen LogP contribution in [-0.4, -0.2) is 24.9 Å². The number of H-pyrrole nitrogens is 1. The van der Waals surface area contributed by atoms with Crippen LogP contribution >= 0.6 is 15.9 Å². The summed E-state index contributed by atoms with van der Waals surface area (Å²) in [5.74, 6) is -0.104. The van der Waals surface area contributed by atoms with Crippen molar-refractivity contribution in [2.24, 2.45) is 0 Å². The fraction of sp³-hybridized carbons (Fsp3) is 0.455. The monoisotopic (exact) mass is 328 g/mol. The van der Waals surface area contributed by atoms with Crippen LogP contribution in [0.4, 0.5) is 0 Å². The number of halogens is 1. The molecule has 2 rings (SSSR count). The van der Waals surface area contributed by atoms with E-state index >= 15 is 0 Å². The van der Waals surface area contributed by atoms with Crippen LogP contribution in [-0.2, 0) is 17.9 Å². The smallest absolute Gasteiger partial charge is 0.305 e. The fourth-order valence-corrected chi connectivity index (χ4v) is 2.39. The van der Waals surface area contributed by atoms with Gasteiger partial charge in [-0.2, -0.15) is 0 Å². The summed E-state index contributed by atoms with van der Waals surface area (Å²) in [7, 11) is 0. The van der Waals surface area contributed by atoms with E-state index in [0.29, 0.717) is 17.7 Å². The average molecular weight is 329 g/mol. The third kappa shape index (κ3) is 2.40. The van der Waals surface area contributed by atoms with Gasteiger partial charge in [0.25, 0.3) is 5.56 Å². The van der Waals surface area contributed by atoms with Crippen LogP contribution < -0.4 is 11.2 Å². The number of ketones is 1. The number of Topliss-reactive ketones (excluding diaryl/α,β-unsaturated/α-hetero) is 1. The number of imidazole rings is 1. The van der Waals surface area contributed by atoms with Crippen LogP contribution in [0, 0.1) is 0 Å². The Morgan fingerprint density at radius 3 is 2.63 bits per heavy atom. The highest BCUT2D eigenvalue weighted by Crippen LogP contribution is 2.14. The normalized spacial score (nSPS) is 11.1. The zero-order chi connectivity index (χ0) is 14.2. The number of carbonyl (C=O) groups excluding carboxylic acids is 1. The number of carbonyl (C=O) groups is 1. The van der Waals surface area contributed by atoms with E-state index < -0.39 is 11.2 Å². The van der Waals surface area contributed by atoms with Crippen LogP contribution in [0.2, 0.25) is 0 Å². The summed E-state index contributed by atoms with van der Waals surface area (Å²) in [6, 6.07) is 0. The zero-order valence-electron chi connectivity index (χ0n) is 10.6. The van der Waals surface area contributed by atoms with Crippen LogP contribution in [0.15, 0.2) is 14.3 Å². The molecule has 0 radical (unpaired) electrons. The summed E-state index contributed by atoms with van der Waals surface area (Å²) in [5.41, 5.74) is -0.495. The second-order valence-electron chi connectivity index (χ2n) is 4.25. The van der Waals surface area contributed by atoms with Crippen LogP contribution in [0.3, 0.4) is 0 Å². The largest absolute Gasteiger partial charge is 0.330 e. The Bertz CT molecular complexity index is 756. The van der Waals surface area contributed by atoms with E-state index in [1.54, 1.807) is 0 Å². The summed E-state index contributed by atoms with van der Waals surface area (Å²) in [4.78, 5) is 41.9. The molecule has 0 fully saturated rings. The summed E-state index contributed by atoms with van der Waals surface area (Å²) in [6.07, 6.45) is 0.663. The van der Waals surface area contributed by atoms with Crippen molar-refractivity contribution in [1.29, 1.82) is 0 Å². The standard InChI is InChI=1S/C11H13BrN4O3/c1-3-4-15-9(18)7-8(14-11(15)19)13-10(12)16(7)5-6(2)17/h3-5H2,1-2H3,(H,14,19). The average Bonchev–Trinajstić information content (AvgIpc) is 2.60. The van der Waals surface area contributed by atoms with Crippen LogP contribution in [0.25, 0.3) is 11.2 Å². The van der Waals surface area contributed by atoms with Gasteiger partial charge in [0.15, 0.2) is 15.9 Å². The first-order valence-corrected chi connectivity index (χ1v) is 6.63. The Kier molecular flexibility index (Phi) is 3.70. The fourth-order valence-electron chi connectivity index (χ4n) is 1.91.